The number of benzene rings is 4. The van der Waals surface area contributed by atoms with Crippen LogP contribution in [0.15, 0.2) is 84.9 Å². The van der Waals surface area contributed by atoms with Crippen molar-refractivity contribution in [1.82, 2.24) is 5.23 Å². The van der Waals surface area contributed by atoms with Crippen LogP contribution in [0.1, 0.15) is 43.2 Å². The van der Waals surface area contributed by atoms with Crippen LogP contribution in [0.5, 0.6) is 0 Å². The summed E-state index contributed by atoms with van der Waals surface area (Å²) in [7, 11) is 1.38. The van der Waals surface area contributed by atoms with E-state index >= 15 is 0 Å². The van der Waals surface area contributed by atoms with Crippen molar-refractivity contribution in [2.75, 3.05) is 7.11 Å². The van der Waals surface area contributed by atoms with Crippen LogP contribution in [0.25, 0.3) is 21.5 Å². The van der Waals surface area contributed by atoms with Gasteiger partial charge in [0.1, 0.15) is 0 Å². The number of nitrogens with one attached hydrogen (secondary N) is 1. The second-order valence-electron chi connectivity index (χ2n) is 10.5. The standard InChI is InChI=1S/C31H34BNO2/c1-34-32-33-30(27-11-3-2-4-12-27)31(35-32,21-23-15-17-25-9-5-7-13-28(25)19-23)22-24-16-18-26-10-6-8-14-29(26)20-24/h5-10,13-20,27,30,33H,2-4,11-12,21-22H2,1H3/t30-/m1/s1. The Labute approximate surface area is 209 Å². The average molecular weight is 463 g/mol. The second-order valence-corrected chi connectivity index (χ2v) is 10.5. The van der Waals surface area contributed by atoms with Crippen molar-refractivity contribution in [1.29, 1.82) is 0 Å². The smallest absolute Gasteiger partial charge is 0.400 e. The molecule has 35 heavy (non-hydrogen) atoms. The molecule has 2 aliphatic rings. The predicted molar refractivity (Wildman–Crippen MR) is 145 cm³/mol. The van der Waals surface area contributed by atoms with Crippen LogP contribution in [0, 0.1) is 5.92 Å². The van der Waals surface area contributed by atoms with Crippen LogP contribution in [-0.4, -0.2) is 26.0 Å². The molecule has 1 aliphatic heterocycles. The number of hydrogen-bond acceptors (Lipinski definition) is 3. The molecule has 1 saturated heterocycles. The Morgan fingerprint density at radius 3 is 1.86 bits per heavy atom. The molecule has 4 heteroatoms. The van der Waals surface area contributed by atoms with E-state index in [-0.39, 0.29) is 18.9 Å². The van der Waals surface area contributed by atoms with E-state index in [9.17, 15) is 0 Å². The minimum atomic E-state index is -0.372. The van der Waals surface area contributed by atoms with Gasteiger partial charge in [0.05, 0.1) is 5.60 Å². The lowest BCUT2D eigenvalue weighted by molar-refractivity contribution is 0.0295. The normalized spacial score (nSPS) is 20.6. The highest BCUT2D eigenvalue weighted by Gasteiger charge is 2.53. The molecule has 178 valence electrons. The summed E-state index contributed by atoms with van der Waals surface area (Å²) in [5.41, 5.74) is 2.28. The highest BCUT2D eigenvalue weighted by molar-refractivity contribution is 6.42. The highest BCUT2D eigenvalue weighted by atomic mass is 16.6. The minimum absolute atomic E-state index is 0.255. The van der Waals surface area contributed by atoms with Crippen LogP contribution in [0.3, 0.4) is 0 Å². The van der Waals surface area contributed by atoms with Crippen molar-refractivity contribution in [3.63, 3.8) is 0 Å². The van der Waals surface area contributed by atoms with Gasteiger partial charge in [-0.15, -0.1) is 0 Å². The summed E-state index contributed by atoms with van der Waals surface area (Å²) in [6.45, 7) is 0. The first-order valence-electron chi connectivity index (χ1n) is 13.1. The van der Waals surface area contributed by atoms with E-state index in [1.807, 2.05) is 0 Å². The SMILES string of the molecule is COB1N[C@H](C2CCCCC2)C(Cc2ccc3ccccc3c2)(Cc2ccc3ccccc3c2)O1. The molecule has 1 N–H and O–H groups in total. The third-order valence-electron chi connectivity index (χ3n) is 8.19. The molecule has 1 aliphatic carbocycles. The monoisotopic (exact) mass is 463 g/mol. The summed E-state index contributed by atoms with van der Waals surface area (Å²) in [4.78, 5) is 0. The minimum Gasteiger partial charge on any atom is -0.400 e. The predicted octanol–water partition coefficient (Wildman–Crippen LogP) is 6.72. The Kier molecular flexibility index (Phi) is 6.36. The van der Waals surface area contributed by atoms with Gasteiger partial charge in [-0.1, -0.05) is 104 Å². The van der Waals surface area contributed by atoms with Crippen molar-refractivity contribution >= 4 is 28.8 Å². The molecule has 0 radical (unpaired) electrons. The molecular weight excluding hydrogens is 429 g/mol. The van der Waals surface area contributed by atoms with Crippen molar-refractivity contribution in [2.45, 2.75) is 56.6 Å². The largest absolute Gasteiger partial charge is 0.555 e. The van der Waals surface area contributed by atoms with Crippen molar-refractivity contribution in [3.05, 3.63) is 96.1 Å². The fourth-order valence-electron chi connectivity index (χ4n) is 6.52. The zero-order valence-corrected chi connectivity index (χ0v) is 20.6. The second kappa shape index (κ2) is 9.77. The average Bonchev–Trinajstić information content (AvgIpc) is 3.27. The van der Waals surface area contributed by atoms with E-state index in [4.69, 9.17) is 9.31 Å². The van der Waals surface area contributed by atoms with Gasteiger partial charge in [-0.25, -0.2) is 0 Å². The zero-order valence-electron chi connectivity index (χ0n) is 20.6. The summed E-state index contributed by atoms with van der Waals surface area (Å²) in [6, 6.07) is 31.3. The first-order chi connectivity index (χ1) is 17.2. The molecule has 3 nitrogen and oxygen atoms in total. The topological polar surface area (TPSA) is 30.5 Å². The summed E-state index contributed by atoms with van der Waals surface area (Å²) in [5, 5.41) is 8.91. The van der Waals surface area contributed by atoms with Crippen LogP contribution < -0.4 is 5.23 Å². The lowest BCUT2D eigenvalue weighted by atomic mass is 9.72. The summed E-state index contributed by atoms with van der Waals surface area (Å²) in [6.07, 6.45) is 8.20. The Morgan fingerprint density at radius 1 is 0.771 bits per heavy atom. The molecule has 0 bridgehead atoms. The quantitative estimate of drug-likeness (QED) is 0.322. The number of fused-ring (bicyclic) bond motifs is 2. The van der Waals surface area contributed by atoms with Gasteiger partial charge >= 0.3 is 7.25 Å². The molecule has 1 heterocycles. The van der Waals surface area contributed by atoms with Crippen LogP contribution in [0.2, 0.25) is 0 Å². The van der Waals surface area contributed by atoms with Crippen molar-refractivity contribution < 1.29 is 9.31 Å². The number of hydrogen-bond donors (Lipinski definition) is 1. The Morgan fingerprint density at radius 2 is 1.31 bits per heavy atom. The molecule has 2 fully saturated rings. The van der Waals surface area contributed by atoms with Gasteiger partial charge in [0.15, 0.2) is 0 Å². The molecule has 4 aromatic carbocycles. The highest BCUT2D eigenvalue weighted by Crippen LogP contribution is 2.41. The molecule has 6 rings (SSSR count). The first kappa shape index (κ1) is 22.8. The third kappa shape index (κ3) is 4.63. The van der Waals surface area contributed by atoms with Gasteiger partial charge in [-0.3, -0.25) is 5.23 Å². The Balaban J connectivity index is 1.41. The maximum atomic E-state index is 6.86. The van der Waals surface area contributed by atoms with Gasteiger partial charge in [-0.05, 0) is 51.4 Å². The maximum Gasteiger partial charge on any atom is 0.555 e. The zero-order chi connectivity index (χ0) is 23.7. The fourth-order valence-corrected chi connectivity index (χ4v) is 6.52. The van der Waals surface area contributed by atoms with E-state index in [1.54, 1.807) is 7.11 Å². The van der Waals surface area contributed by atoms with Gasteiger partial charge in [0.2, 0.25) is 0 Å². The van der Waals surface area contributed by atoms with E-state index in [0.29, 0.717) is 5.92 Å². The van der Waals surface area contributed by atoms with Gasteiger partial charge in [0.25, 0.3) is 0 Å². The van der Waals surface area contributed by atoms with Crippen LogP contribution in [0.4, 0.5) is 0 Å². The van der Waals surface area contributed by atoms with E-state index in [0.717, 1.165) is 12.8 Å². The lowest BCUT2D eigenvalue weighted by Crippen LogP contribution is -2.52. The number of rotatable bonds is 6. The van der Waals surface area contributed by atoms with E-state index in [1.165, 1.54) is 64.8 Å². The summed E-state index contributed by atoms with van der Waals surface area (Å²) < 4.78 is 12.6. The lowest BCUT2D eigenvalue weighted by Gasteiger charge is -2.41. The van der Waals surface area contributed by atoms with Gasteiger partial charge < -0.3 is 9.31 Å². The first-order valence-corrected chi connectivity index (χ1v) is 13.1. The molecule has 4 aromatic rings. The molecule has 1 atom stereocenters. The van der Waals surface area contributed by atoms with Gasteiger partial charge in [0, 0.05) is 26.0 Å². The van der Waals surface area contributed by atoms with Crippen molar-refractivity contribution in [3.8, 4) is 0 Å². The molecule has 0 amide bonds. The van der Waals surface area contributed by atoms with Gasteiger partial charge in [-0.2, -0.15) is 0 Å². The molecule has 0 unspecified atom stereocenters. The third-order valence-corrected chi connectivity index (χ3v) is 8.19. The molecular formula is C31H34BNO2. The Hall–Kier alpha value is -2.66. The molecule has 0 aromatic heterocycles. The van der Waals surface area contributed by atoms with Crippen LogP contribution in [-0.2, 0) is 22.2 Å². The van der Waals surface area contributed by atoms with E-state index < -0.39 is 0 Å². The fraction of sp³-hybridized carbons (Fsp3) is 0.355. The van der Waals surface area contributed by atoms with Crippen molar-refractivity contribution in [2.24, 2.45) is 5.92 Å². The maximum absolute atomic E-state index is 6.86. The molecule has 0 spiro atoms. The summed E-state index contributed by atoms with van der Waals surface area (Å²) >= 11 is 0. The molecule has 1 saturated carbocycles. The Bertz CT molecular complexity index is 1230. The summed E-state index contributed by atoms with van der Waals surface area (Å²) in [5.74, 6) is 0.602. The van der Waals surface area contributed by atoms with Crippen LogP contribution >= 0.6 is 0 Å². The van der Waals surface area contributed by atoms with E-state index in [2.05, 4.69) is 90.2 Å².